The molecule has 0 aliphatic carbocycles. The second-order valence-electron chi connectivity index (χ2n) is 4.72. The van der Waals surface area contributed by atoms with Crippen LogP contribution in [-0.2, 0) is 13.0 Å². The van der Waals surface area contributed by atoms with Crippen LogP contribution in [0.5, 0.6) is 0 Å². The predicted octanol–water partition coefficient (Wildman–Crippen LogP) is 3.46. The maximum atomic E-state index is 12.3. The average molecular weight is 328 g/mol. The molecule has 0 radical (unpaired) electrons. The Kier molecular flexibility index (Phi) is 3.73. The van der Waals surface area contributed by atoms with Crippen molar-refractivity contribution in [3.05, 3.63) is 40.9 Å². The first-order valence-corrected chi connectivity index (χ1v) is 7.19. The zero-order chi connectivity index (χ0) is 15.7. The Morgan fingerprint density at radius 3 is 2.77 bits per heavy atom. The van der Waals surface area contributed by atoms with Gasteiger partial charge in [0.05, 0.1) is 17.0 Å². The standard InChI is InChI=1S/C13H11F3N4OS/c1-8-2-3-10(22-8)12-17-11(21-19-12)6-9-4-5-20(18-9)7-13(14,15)16/h2-5H,6-7H2,1H3. The van der Waals surface area contributed by atoms with Gasteiger partial charge in [-0.1, -0.05) is 5.16 Å². The fourth-order valence-electron chi connectivity index (χ4n) is 1.91. The molecule has 3 aromatic rings. The SMILES string of the molecule is Cc1ccc(-c2noc(Cc3ccn(CC(F)(F)F)n3)n2)s1. The van der Waals surface area contributed by atoms with Crippen LogP contribution >= 0.6 is 11.3 Å². The summed E-state index contributed by atoms with van der Waals surface area (Å²) in [6.45, 7) is 0.860. The Labute approximate surface area is 127 Å². The normalized spacial score (nSPS) is 12.0. The van der Waals surface area contributed by atoms with Crippen molar-refractivity contribution in [1.29, 1.82) is 0 Å². The third kappa shape index (κ3) is 3.53. The molecule has 116 valence electrons. The Morgan fingerprint density at radius 1 is 1.27 bits per heavy atom. The average Bonchev–Trinajstić information content (AvgIpc) is 3.10. The van der Waals surface area contributed by atoms with Gasteiger partial charge in [0.1, 0.15) is 6.54 Å². The maximum absolute atomic E-state index is 12.3. The predicted molar refractivity (Wildman–Crippen MR) is 73.4 cm³/mol. The van der Waals surface area contributed by atoms with E-state index in [4.69, 9.17) is 4.52 Å². The van der Waals surface area contributed by atoms with Crippen LogP contribution in [0.25, 0.3) is 10.7 Å². The number of halogens is 3. The summed E-state index contributed by atoms with van der Waals surface area (Å²) in [5.74, 6) is 0.793. The summed E-state index contributed by atoms with van der Waals surface area (Å²) in [4.78, 5) is 6.25. The Hall–Kier alpha value is -2.16. The number of aryl methyl sites for hydroxylation is 1. The quantitative estimate of drug-likeness (QED) is 0.736. The van der Waals surface area contributed by atoms with E-state index < -0.39 is 12.7 Å². The van der Waals surface area contributed by atoms with Crippen LogP contribution in [0.3, 0.4) is 0 Å². The Balaban J connectivity index is 1.70. The van der Waals surface area contributed by atoms with Gasteiger partial charge < -0.3 is 4.52 Å². The first-order valence-electron chi connectivity index (χ1n) is 6.37. The van der Waals surface area contributed by atoms with Gasteiger partial charge in [0.2, 0.25) is 11.7 Å². The van der Waals surface area contributed by atoms with E-state index in [9.17, 15) is 13.2 Å². The molecule has 0 atom stereocenters. The summed E-state index contributed by atoms with van der Waals surface area (Å²) in [7, 11) is 0. The summed E-state index contributed by atoms with van der Waals surface area (Å²) in [5.41, 5.74) is 0.446. The lowest BCUT2D eigenvalue weighted by Crippen LogP contribution is -2.18. The van der Waals surface area contributed by atoms with Crippen LogP contribution in [0.4, 0.5) is 13.2 Å². The molecule has 0 fully saturated rings. The van der Waals surface area contributed by atoms with E-state index in [0.29, 0.717) is 17.4 Å². The number of rotatable bonds is 4. The lowest BCUT2D eigenvalue weighted by Gasteiger charge is -2.05. The number of alkyl halides is 3. The zero-order valence-corrected chi connectivity index (χ0v) is 12.3. The molecule has 0 saturated carbocycles. The van der Waals surface area contributed by atoms with E-state index in [1.54, 1.807) is 11.3 Å². The van der Waals surface area contributed by atoms with Gasteiger partial charge >= 0.3 is 6.18 Å². The highest BCUT2D eigenvalue weighted by atomic mass is 32.1. The van der Waals surface area contributed by atoms with Crippen LogP contribution in [-0.4, -0.2) is 26.1 Å². The van der Waals surface area contributed by atoms with Crippen molar-refractivity contribution in [3.63, 3.8) is 0 Å². The van der Waals surface area contributed by atoms with E-state index >= 15 is 0 Å². The number of hydrogen-bond donors (Lipinski definition) is 0. The molecule has 0 amide bonds. The highest BCUT2D eigenvalue weighted by Crippen LogP contribution is 2.25. The van der Waals surface area contributed by atoms with E-state index in [-0.39, 0.29) is 6.42 Å². The molecule has 0 aromatic carbocycles. The molecule has 9 heteroatoms. The highest BCUT2D eigenvalue weighted by molar-refractivity contribution is 7.15. The lowest BCUT2D eigenvalue weighted by atomic mass is 10.3. The maximum Gasteiger partial charge on any atom is 0.408 e. The van der Waals surface area contributed by atoms with Crippen molar-refractivity contribution < 1.29 is 17.7 Å². The number of aromatic nitrogens is 4. The number of hydrogen-bond acceptors (Lipinski definition) is 5. The van der Waals surface area contributed by atoms with Crippen LogP contribution in [0.1, 0.15) is 16.5 Å². The molecule has 22 heavy (non-hydrogen) atoms. The molecule has 3 heterocycles. The van der Waals surface area contributed by atoms with Gasteiger partial charge in [-0.3, -0.25) is 4.68 Å². The third-order valence-corrected chi connectivity index (χ3v) is 3.79. The summed E-state index contributed by atoms with van der Waals surface area (Å²) in [6, 6.07) is 5.35. The molecule has 0 saturated heterocycles. The topological polar surface area (TPSA) is 56.7 Å². The fourth-order valence-corrected chi connectivity index (χ4v) is 2.70. The molecule has 5 nitrogen and oxygen atoms in total. The molecule has 0 N–H and O–H groups in total. The molecule has 0 aliphatic rings. The highest BCUT2D eigenvalue weighted by Gasteiger charge is 2.28. The van der Waals surface area contributed by atoms with Crippen LogP contribution in [0.2, 0.25) is 0 Å². The molecule has 3 aromatic heterocycles. The smallest absolute Gasteiger partial charge is 0.339 e. The molecule has 0 spiro atoms. The van der Waals surface area contributed by atoms with Crippen LogP contribution in [0.15, 0.2) is 28.9 Å². The van der Waals surface area contributed by atoms with Gasteiger partial charge in [-0.25, -0.2) is 0 Å². The van der Waals surface area contributed by atoms with E-state index in [1.807, 2.05) is 19.1 Å². The molecule has 0 bridgehead atoms. The van der Waals surface area contributed by atoms with E-state index in [2.05, 4.69) is 15.2 Å². The van der Waals surface area contributed by atoms with Crippen molar-refractivity contribution in [1.82, 2.24) is 19.9 Å². The fraction of sp³-hybridized carbons (Fsp3) is 0.308. The second-order valence-corrected chi connectivity index (χ2v) is 6.01. The Bertz CT molecular complexity index is 774. The van der Waals surface area contributed by atoms with Gasteiger partial charge in [-0.2, -0.15) is 23.3 Å². The van der Waals surface area contributed by atoms with Gasteiger partial charge in [-0.15, -0.1) is 11.3 Å². The van der Waals surface area contributed by atoms with Crippen molar-refractivity contribution in [3.8, 4) is 10.7 Å². The van der Waals surface area contributed by atoms with E-state index in [1.165, 1.54) is 12.3 Å². The zero-order valence-electron chi connectivity index (χ0n) is 11.5. The van der Waals surface area contributed by atoms with Gasteiger partial charge in [-0.05, 0) is 25.1 Å². The molecular weight excluding hydrogens is 317 g/mol. The minimum atomic E-state index is -4.29. The van der Waals surface area contributed by atoms with Crippen LogP contribution < -0.4 is 0 Å². The number of thiophene rings is 1. The van der Waals surface area contributed by atoms with Crippen molar-refractivity contribution in [2.24, 2.45) is 0 Å². The molecule has 0 unspecified atom stereocenters. The first kappa shape index (κ1) is 14.8. The van der Waals surface area contributed by atoms with Gasteiger partial charge in [0, 0.05) is 11.1 Å². The van der Waals surface area contributed by atoms with Crippen molar-refractivity contribution >= 4 is 11.3 Å². The van der Waals surface area contributed by atoms with Crippen molar-refractivity contribution in [2.45, 2.75) is 26.1 Å². The summed E-state index contributed by atoms with van der Waals surface area (Å²) in [6.07, 6.45) is -2.82. The summed E-state index contributed by atoms with van der Waals surface area (Å²) in [5, 5.41) is 7.72. The van der Waals surface area contributed by atoms with Crippen LogP contribution in [0, 0.1) is 6.92 Å². The first-order chi connectivity index (χ1) is 10.4. The monoisotopic (exact) mass is 328 g/mol. The number of nitrogens with zero attached hydrogens (tertiary/aromatic N) is 4. The largest absolute Gasteiger partial charge is 0.408 e. The minimum Gasteiger partial charge on any atom is -0.339 e. The second kappa shape index (κ2) is 5.56. The molecule has 3 rings (SSSR count). The van der Waals surface area contributed by atoms with Crippen molar-refractivity contribution in [2.75, 3.05) is 0 Å². The van der Waals surface area contributed by atoms with Gasteiger partial charge in [0.25, 0.3) is 0 Å². The molecular formula is C13H11F3N4OS. The third-order valence-electron chi connectivity index (χ3n) is 2.80. The summed E-state index contributed by atoms with van der Waals surface area (Å²) >= 11 is 1.54. The molecule has 0 aliphatic heterocycles. The summed E-state index contributed by atoms with van der Waals surface area (Å²) < 4.78 is 42.8. The minimum absolute atomic E-state index is 0.197. The van der Waals surface area contributed by atoms with E-state index in [0.717, 1.165) is 14.4 Å². The Morgan fingerprint density at radius 2 is 2.09 bits per heavy atom. The van der Waals surface area contributed by atoms with Gasteiger partial charge in [0.15, 0.2) is 0 Å². The lowest BCUT2D eigenvalue weighted by molar-refractivity contribution is -0.142.